The molecule has 40 heavy (non-hydrogen) atoms. The number of ether oxygens (including phenoxy) is 2. The first-order chi connectivity index (χ1) is 18.5. The highest BCUT2D eigenvalue weighted by Gasteiger charge is 2.25. The molecule has 2 aliphatic rings. The van der Waals surface area contributed by atoms with Crippen LogP contribution in [0.4, 0.5) is 4.79 Å². The fraction of sp³-hybridized carbons (Fsp3) is 0.276. The second-order valence-electron chi connectivity index (χ2n) is 11.1. The Morgan fingerprint density at radius 2 is 1.55 bits per heavy atom. The standard InChI is InChI=1S/C29H30N2O8S/c1-28(2,3)38-26(32)17-11-13-19-22(15-17)37-23-16-18(30-31-27(33)39-29(4,5)6)12-14-20(23)25(19)21-9-7-8-10-24(21)40(34,35)36/h7-16H,1-6H3,(H,31,33)(H,34,35,36)/p+1/b30-18+. The van der Waals surface area contributed by atoms with Gasteiger partial charge in [0, 0.05) is 28.1 Å². The first-order valence-corrected chi connectivity index (χ1v) is 13.8. The highest BCUT2D eigenvalue weighted by atomic mass is 32.2. The quantitative estimate of drug-likeness (QED) is 0.146. The molecule has 0 saturated carbocycles. The minimum absolute atomic E-state index is 0.236. The molecule has 3 N–H and O–H groups in total. The number of esters is 1. The maximum atomic E-state index is 12.8. The highest BCUT2D eigenvalue weighted by molar-refractivity contribution is 7.86. The van der Waals surface area contributed by atoms with Crippen LogP contribution in [0.3, 0.4) is 0 Å². The van der Waals surface area contributed by atoms with Crippen molar-refractivity contribution in [2.24, 2.45) is 0 Å². The van der Waals surface area contributed by atoms with Crippen LogP contribution in [0.25, 0.3) is 33.4 Å². The van der Waals surface area contributed by atoms with E-state index in [0.717, 1.165) is 0 Å². The summed E-state index contributed by atoms with van der Waals surface area (Å²) >= 11 is 0. The van der Waals surface area contributed by atoms with E-state index >= 15 is 0 Å². The van der Waals surface area contributed by atoms with Gasteiger partial charge in [0.15, 0.2) is 0 Å². The number of carbonyl (C=O) groups is 2. The van der Waals surface area contributed by atoms with Gasteiger partial charge >= 0.3 is 12.1 Å². The molecule has 2 aromatic rings. The molecule has 1 aliphatic carbocycles. The van der Waals surface area contributed by atoms with Gasteiger partial charge in [-0.3, -0.25) is 4.55 Å². The number of rotatable bonds is 4. The largest absolute Gasteiger partial charge is 0.461 e. The van der Waals surface area contributed by atoms with E-state index in [-0.39, 0.29) is 21.6 Å². The van der Waals surface area contributed by atoms with E-state index in [1.54, 1.807) is 84.0 Å². The van der Waals surface area contributed by atoms with Gasteiger partial charge in [-0.2, -0.15) is 8.42 Å². The second-order valence-corrected chi connectivity index (χ2v) is 12.5. The molecule has 0 radical (unpaired) electrons. The van der Waals surface area contributed by atoms with E-state index in [0.29, 0.717) is 27.6 Å². The molecule has 0 saturated heterocycles. The maximum absolute atomic E-state index is 12.8. The van der Waals surface area contributed by atoms with Gasteiger partial charge in [0.2, 0.25) is 5.36 Å². The summed E-state index contributed by atoms with van der Waals surface area (Å²) in [5, 5.41) is 3.71. The molecule has 1 heterocycles. The van der Waals surface area contributed by atoms with Crippen molar-refractivity contribution in [3.05, 3.63) is 71.6 Å². The Hall–Kier alpha value is -4.22. The lowest BCUT2D eigenvalue weighted by atomic mass is 9.93. The highest BCUT2D eigenvalue weighted by Crippen LogP contribution is 2.42. The summed E-state index contributed by atoms with van der Waals surface area (Å²) in [6.07, 6.45) is -0.687. The van der Waals surface area contributed by atoms with Crippen LogP contribution in [0.2, 0.25) is 0 Å². The number of amides is 1. The summed E-state index contributed by atoms with van der Waals surface area (Å²) in [5.74, 6) is -0.244. The molecule has 0 atom stereocenters. The number of nitrogens with one attached hydrogen (secondary N) is 2. The summed E-state index contributed by atoms with van der Waals surface area (Å²) in [5.41, 5.74) is 2.79. The predicted octanol–water partition coefficient (Wildman–Crippen LogP) is 3.83. The van der Waals surface area contributed by atoms with Crippen molar-refractivity contribution >= 4 is 33.1 Å². The lowest BCUT2D eigenvalue weighted by Gasteiger charge is -2.20. The van der Waals surface area contributed by atoms with Gasteiger partial charge < -0.3 is 13.9 Å². The van der Waals surface area contributed by atoms with Gasteiger partial charge in [0.05, 0.1) is 11.6 Å². The molecule has 11 heteroatoms. The Bertz CT molecular complexity index is 1760. The molecule has 1 aliphatic heterocycles. The van der Waals surface area contributed by atoms with Crippen molar-refractivity contribution in [3.63, 3.8) is 0 Å². The molecule has 0 aromatic heterocycles. The minimum atomic E-state index is -4.58. The second kappa shape index (κ2) is 10.4. The van der Waals surface area contributed by atoms with Crippen LogP contribution in [-0.2, 0) is 19.6 Å². The van der Waals surface area contributed by atoms with Crippen molar-refractivity contribution in [1.29, 1.82) is 0 Å². The van der Waals surface area contributed by atoms with Crippen LogP contribution in [-0.4, -0.2) is 36.2 Å². The molecule has 0 spiro atoms. The molecule has 1 amide bonds. The van der Waals surface area contributed by atoms with Crippen LogP contribution >= 0.6 is 0 Å². The van der Waals surface area contributed by atoms with Crippen LogP contribution in [0, 0.1) is 0 Å². The van der Waals surface area contributed by atoms with Gasteiger partial charge in [-0.15, -0.1) is 5.10 Å². The van der Waals surface area contributed by atoms with E-state index in [9.17, 15) is 22.6 Å². The van der Waals surface area contributed by atoms with Crippen LogP contribution < -0.4 is 15.9 Å². The Morgan fingerprint density at radius 1 is 0.875 bits per heavy atom. The van der Waals surface area contributed by atoms with E-state index in [1.807, 2.05) is 0 Å². The maximum Gasteiger partial charge on any atom is 0.461 e. The zero-order valence-electron chi connectivity index (χ0n) is 23.0. The smallest absolute Gasteiger partial charge is 0.456 e. The number of benzene rings is 3. The molecule has 210 valence electrons. The fourth-order valence-electron chi connectivity index (χ4n) is 4.05. The first kappa shape index (κ1) is 28.8. The molecule has 2 aromatic carbocycles. The summed E-state index contributed by atoms with van der Waals surface area (Å²) in [7, 11) is -4.58. The van der Waals surface area contributed by atoms with Crippen LogP contribution in [0.1, 0.15) is 51.9 Å². The summed E-state index contributed by atoms with van der Waals surface area (Å²) < 4.78 is 51.5. The van der Waals surface area contributed by atoms with E-state index in [4.69, 9.17) is 13.9 Å². The molecule has 10 nitrogen and oxygen atoms in total. The third-order valence-corrected chi connectivity index (χ3v) is 6.41. The average molecular weight is 568 g/mol. The number of hydrazine groups is 1. The predicted molar refractivity (Wildman–Crippen MR) is 147 cm³/mol. The normalized spacial score (nSPS) is 12.9. The van der Waals surface area contributed by atoms with Crippen LogP contribution in [0.5, 0.6) is 0 Å². The first-order valence-electron chi connectivity index (χ1n) is 12.4. The van der Waals surface area contributed by atoms with Gasteiger partial charge in [-0.1, -0.05) is 23.6 Å². The van der Waals surface area contributed by atoms with Gasteiger partial charge in [0.1, 0.15) is 27.4 Å². The lowest BCUT2D eigenvalue weighted by Crippen LogP contribution is -2.87. The molecule has 0 unspecified atom stereocenters. The van der Waals surface area contributed by atoms with Gasteiger partial charge in [-0.25, -0.2) is 9.59 Å². The Labute approximate surface area is 231 Å². The number of carbonyl (C=O) groups excluding carboxylic acids is 2. The minimum Gasteiger partial charge on any atom is -0.456 e. The summed E-state index contributed by atoms with van der Waals surface area (Å²) in [6.45, 7) is 10.5. The Morgan fingerprint density at radius 3 is 2.20 bits per heavy atom. The van der Waals surface area contributed by atoms with Crippen molar-refractivity contribution in [3.8, 4) is 22.5 Å². The van der Waals surface area contributed by atoms with Gasteiger partial charge in [-0.05, 0) is 71.9 Å². The summed E-state index contributed by atoms with van der Waals surface area (Å²) in [6, 6.07) is 15.7. The summed E-state index contributed by atoms with van der Waals surface area (Å²) in [4.78, 5) is 24.6. The Balaban J connectivity index is 1.96. The zero-order valence-corrected chi connectivity index (χ0v) is 23.8. The SMILES string of the molecule is CC(C)(C)OC(=O)N/[NH+]=c1\ccc2c(-c3ccccc3S(=O)(=O)O)c3ccc(C(=O)OC(C)(C)C)cc3oc-2c1. The van der Waals surface area contributed by atoms with Crippen molar-refractivity contribution < 1.29 is 41.6 Å². The molecule has 0 fully saturated rings. The van der Waals surface area contributed by atoms with Crippen molar-refractivity contribution in [2.75, 3.05) is 0 Å². The number of fused-ring (bicyclic) bond motifs is 2. The number of hydrogen-bond acceptors (Lipinski definition) is 7. The van der Waals surface area contributed by atoms with Gasteiger partial charge in [0.25, 0.3) is 10.1 Å². The molecular weight excluding hydrogens is 536 g/mol. The Kier molecular flexibility index (Phi) is 7.48. The number of hydrogen-bond donors (Lipinski definition) is 3. The third-order valence-electron chi connectivity index (χ3n) is 5.50. The monoisotopic (exact) mass is 567 g/mol. The van der Waals surface area contributed by atoms with Crippen LogP contribution in [0.15, 0.2) is 70.0 Å². The van der Waals surface area contributed by atoms with E-state index in [1.165, 1.54) is 18.2 Å². The molecular formula is C29H31N2O8S+. The van der Waals surface area contributed by atoms with Crippen molar-refractivity contribution in [2.45, 2.75) is 57.6 Å². The fourth-order valence-corrected chi connectivity index (χ4v) is 4.75. The van der Waals surface area contributed by atoms with Crippen molar-refractivity contribution in [1.82, 2.24) is 5.43 Å². The lowest BCUT2D eigenvalue weighted by molar-refractivity contribution is -0.552. The average Bonchev–Trinajstić information content (AvgIpc) is 2.83. The topological polar surface area (TPSA) is 146 Å². The van der Waals surface area contributed by atoms with E-state index in [2.05, 4.69) is 10.5 Å². The van der Waals surface area contributed by atoms with E-state index < -0.39 is 33.4 Å². The third kappa shape index (κ3) is 6.67. The zero-order chi connectivity index (χ0) is 29.5. The molecule has 0 bridgehead atoms. The molecule has 4 rings (SSSR count).